The zero-order valence-electron chi connectivity index (χ0n) is 9.09. The van der Waals surface area contributed by atoms with Gasteiger partial charge in [0.15, 0.2) is 0 Å². The maximum atomic E-state index is 5.82. The molecule has 0 aromatic carbocycles. The number of nitrogens with two attached hydrogens (primary N) is 1. The Hall–Kier alpha value is -0.500. The van der Waals surface area contributed by atoms with Crippen LogP contribution in [0.15, 0.2) is 11.4 Å². The molecule has 0 bridgehead atoms. The van der Waals surface area contributed by atoms with Gasteiger partial charge in [0.05, 0.1) is 5.00 Å². The summed E-state index contributed by atoms with van der Waals surface area (Å²) in [6.07, 6.45) is 9.33. The Labute approximate surface area is 91.3 Å². The fraction of sp³-hybridized carbons (Fsp3) is 0.667. The zero-order chi connectivity index (χ0) is 10.2. The number of hydrogen-bond donors (Lipinski definition) is 1. The van der Waals surface area contributed by atoms with Crippen LogP contribution in [0.2, 0.25) is 0 Å². The number of anilines is 1. The molecule has 0 aliphatic carbocycles. The Balaban J connectivity index is 2.02. The largest absolute Gasteiger partial charge is 0.390 e. The Kier molecular flexibility index (Phi) is 5.69. The van der Waals surface area contributed by atoms with Crippen molar-refractivity contribution in [3.8, 4) is 0 Å². The molecule has 1 aromatic heterocycles. The van der Waals surface area contributed by atoms with Gasteiger partial charge in [0.2, 0.25) is 0 Å². The molecule has 80 valence electrons. The highest BCUT2D eigenvalue weighted by Crippen LogP contribution is 2.21. The fourth-order valence-electron chi connectivity index (χ4n) is 1.65. The van der Waals surface area contributed by atoms with Gasteiger partial charge in [-0.15, -0.1) is 11.3 Å². The number of rotatable bonds is 7. The summed E-state index contributed by atoms with van der Waals surface area (Å²) >= 11 is 1.65. The molecule has 14 heavy (non-hydrogen) atoms. The third-order valence-corrected chi connectivity index (χ3v) is 3.37. The van der Waals surface area contributed by atoms with Crippen molar-refractivity contribution in [3.05, 3.63) is 17.0 Å². The highest BCUT2D eigenvalue weighted by atomic mass is 32.1. The third-order valence-electron chi connectivity index (χ3n) is 2.58. The lowest BCUT2D eigenvalue weighted by molar-refractivity contribution is 0.608. The second-order valence-electron chi connectivity index (χ2n) is 3.83. The van der Waals surface area contributed by atoms with Crippen molar-refractivity contribution in [3.63, 3.8) is 0 Å². The lowest BCUT2D eigenvalue weighted by Gasteiger charge is -2.00. The van der Waals surface area contributed by atoms with E-state index in [1.165, 1.54) is 50.5 Å². The van der Waals surface area contributed by atoms with Crippen molar-refractivity contribution in [2.24, 2.45) is 0 Å². The molecule has 0 amide bonds. The van der Waals surface area contributed by atoms with E-state index in [0.717, 1.165) is 5.00 Å². The third kappa shape index (κ3) is 4.14. The van der Waals surface area contributed by atoms with Crippen molar-refractivity contribution >= 4 is 16.3 Å². The summed E-state index contributed by atoms with van der Waals surface area (Å²) in [7, 11) is 0. The first kappa shape index (κ1) is 11.6. The Morgan fingerprint density at radius 3 is 2.50 bits per heavy atom. The van der Waals surface area contributed by atoms with Crippen molar-refractivity contribution < 1.29 is 0 Å². The van der Waals surface area contributed by atoms with Gasteiger partial charge >= 0.3 is 0 Å². The van der Waals surface area contributed by atoms with Crippen LogP contribution < -0.4 is 5.73 Å². The minimum absolute atomic E-state index is 1.01. The number of aryl methyl sites for hydroxylation is 1. The molecule has 0 fully saturated rings. The average molecular weight is 211 g/mol. The van der Waals surface area contributed by atoms with Gasteiger partial charge in [0.1, 0.15) is 0 Å². The van der Waals surface area contributed by atoms with Gasteiger partial charge in [-0.2, -0.15) is 0 Å². The number of hydrogen-bond acceptors (Lipinski definition) is 2. The molecular weight excluding hydrogens is 190 g/mol. The van der Waals surface area contributed by atoms with E-state index in [4.69, 9.17) is 5.73 Å². The van der Waals surface area contributed by atoms with E-state index in [9.17, 15) is 0 Å². The summed E-state index contributed by atoms with van der Waals surface area (Å²) in [4.78, 5) is 0. The van der Waals surface area contributed by atoms with Crippen molar-refractivity contribution in [1.29, 1.82) is 0 Å². The number of nitrogen functional groups attached to an aromatic ring is 1. The second-order valence-corrected chi connectivity index (χ2v) is 4.78. The van der Waals surface area contributed by atoms with E-state index in [1.54, 1.807) is 11.3 Å². The SMILES string of the molecule is CCCCCCCCc1ccsc1N. The highest BCUT2D eigenvalue weighted by molar-refractivity contribution is 7.14. The molecule has 1 rings (SSSR count). The van der Waals surface area contributed by atoms with E-state index >= 15 is 0 Å². The van der Waals surface area contributed by atoms with Gasteiger partial charge in [0.25, 0.3) is 0 Å². The summed E-state index contributed by atoms with van der Waals surface area (Å²) < 4.78 is 0. The van der Waals surface area contributed by atoms with E-state index in [2.05, 4.69) is 18.4 Å². The van der Waals surface area contributed by atoms with Crippen molar-refractivity contribution in [1.82, 2.24) is 0 Å². The molecule has 0 saturated carbocycles. The maximum absolute atomic E-state index is 5.82. The van der Waals surface area contributed by atoms with E-state index in [1.807, 2.05) is 0 Å². The molecular formula is C12H21NS. The van der Waals surface area contributed by atoms with Gasteiger partial charge in [0, 0.05) is 0 Å². The molecule has 1 nitrogen and oxygen atoms in total. The predicted octanol–water partition coefficient (Wildman–Crippen LogP) is 4.23. The lowest BCUT2D eigenvalue weighted by Crippen LogP contribution is -1.89. The molecule has 2 heteroatoms. The van der Waals surface area contributed by atoms with Crippen LogP contribution in [0.25, 0.3) is 0 Å². The summed E-state index contributed by atoms with van der Waals surface area (Å²) in [5, 5.41) is 3.10. The second kappa shape index (κ2) is 6.88. The van der Waals surface area contributed by atoms with Crippen LogP contribution in [0.3, 0.4) is 0 Å². The normalized spacial score (nSPS) is 10.6. The molecule has 2 N–H and O–H groups in total. The van der Waals surface area contributed by atoms with Gasteiger partial charge in [-0.25, -0.2) is 0 Å². The summed E-state index contributed by atoms with van der Waals surface area (Å²) in [6, 6.07) is 2.16. The molecule has 1 heterocycles. The van der Waals surface area contributed by atoms with Gasteiger partial charge in [-0.3, -0.25) is 0 Å². The standard InChI is InChI=1S/C12H21NS/c1-2-3-4-5-6-7-8-11-9-10-14-12(11)13/h9-10H,2-8,13H2,1H3. The van der Waals surface area contributed by atoms with Crippen molar-refractivity contribution in [2.75, 3.05) is 5.73 Å². The van der Waals surface area contributed by atoms with E-state index in [0.29, 0.717) is 0 Å². The average Bonchev–Trinajstić information content (AvgIpc) is 2.58. The van der Waals surface area contributed by atoms with Crippen LogP contribution >= 0.6 is 11.3 Å². The van der Waals surface area contributed by atoms with Gasteiger partial charge < -0.3 is 5.73 Å². The first-order valence-corrected chi connectivity index (χ1v) is 6.54. The highest BCUT2D eigenvalue weighted by Gasteiger charge is 1.99. The van der Waals surface area contributed by atoms with E-state index in [-0.39, 0.29) is 0 Å². The van der Waals surface area contributed by atoms with Crippen LogP contribution in [-0.4, -0.2) is 0 Å². The number of unbranched alkanes of at least 4 members (excludes halogenated alkanes) is 5. The number of thiophene rings is 1. The monoisotopic (exact) mass is 211 g/mol. The minimum Gasteiger partial charge on any atom is -0.390 e. The molecule has 0 atom stereocenters. The molecule has 0 saturated heterocycles. The summed E-state index contributed by atoms with van der Waals surface area (Å²) in [6.45, 7) is 2.26. The fourth-order valence-corrected chi connectivity index (χ4v) is 2.35. The quantitative estimate of drug-likeness (QED) is 0.671. The summed E-state index contributed by atoms with van der Waals surface area (Å²) in [5.74, 6) is 0. The zero-order valence-corrected chi connectivity index (χ0v) is 9.91. The first-order chi connectivity index (χ1) is 6.84. The molecule has 0 radical (unpaired) electrons. The Morgan fingerprint density at radius 2 is 1.86 bits per heavy atom. The Bertz CT molecular complexity index is 242. The molecule has 0 spiro atoms. The van der Waals surface area contributed by atoms with Crippen LogP contribution in [-0.2, 0) is 6.42 Å². The first-order valence-electron chi connectivity index (χ1n) is 5.66. The molecule has 1 aromatic rings. The molecule has 0 unspecified atom stereocenters. The topological polar surface area (TPSA) is 26.0 Å². The predicted molar refractivity (Wildman–Crippen MR) is 65.8 cm³/mol. The van der Waals surface area contributed by atoms with Gasteiger partial charge in [-0.1, -0.05) is 39.0 Å². The van der Waals surface area contributed by atoms with Crippen LogP contribution in [0.4, 0.5) is 5.00 Å². The van der Waals surface area contributed by atoms with Crippen LogP contribution in [0, 0.1) is 0 Å². The smallest absolute Gasteiger partial charge is 0.0888 e. The van der Waals surface area contributed by atoms with Crippen LogP contribution in [0.5, 0.6) is 0 Å². The van der Waals surface area contributed by atoms with Crippen LogP contribution in [0.1, 0.15) is 51.0 Å². The maximum Gasteiger partial charge on any atom is 0.0888 e. The molecule has 0 aliphatic heterocycles. The summed E-state index contributed by atoms with van der Waals surface area (Å²) in [5.41, 5.74) is 7.17. The minimum atomic E-state index is 1.01. The van der Waals surface area contributed by atoms with E-state index < -0.39 is 0 Å². The molecule has 0 aliphatic rings. The van der Waals surface area contributed by atoms with Gasteiger partial charge in [-0.05, 0) is 29.9 Å². The van der Waals surface area contributed by atoms with Crippen molar-refractivity contribution in [2.45, 2.75) is 51.9 Å². The Morgan fingerprint density at radius 1 is 1.14 bits per heavy atom. The lowest BCUT2D eigenvalue weighted by atomic mass is 10.1.